The molecule has 0 saturated heterocycles. The quantitative estimate of drug-likeness (QED) is 0.275. The summed E-state index contributed by atoms with van der Waals surface area (Å²) in [4.78, 5) is 37.1. The maximum atomic E-state index is 12.9. The molecule has 3 N–H and O–H groups in total. The Hall–Kier alpha value is -4.33. The minimum Gasteiger partial charge on any atom is -0.467 e. The molecule has 0 heterocycles. The Morgan fingerprint density at radius 3 is 1.89 bits per heavy atom. The summed E-state index contributed by atoms with van der Waals surface area (Å²) >= 11 is 0. The molecular formula is C28H31N3O5. The lowest BCUT2D eigenvalue weighted by atomic mass is 9.99. The van der Waals surface area contributed by atoms with E-state index in [1.165, 1.54) is 7.11 Å². The SMILES string of the molecule is COC(=O)[C@@H](CCCNC(=O)OCc1ccccc1)NC(=O)NC(c1ccccc1)c1ccccc1. The van der Waals surface area contributed by atoms with Crippen molar-refractivity contribution < 1.29 is 23.9 Å². The Bertz CT molecular complexity index is 1050. The average Bonchev–Trinajstić information content (AvgIpc) is 2.93. The molecule has 0 bridgehead atoms. The molecule has 0 saturated carbocycles. The Morgan fingerprint density at radius 1 is 0.778 bits per heavy atom. The molecule has 0 unspecified atom stereocenters. The van der Waals surface area contributed by atoms with Crippen LogP contribution in [0.1, 0.15) is 35.6 Å². The summed E-state index contributed by atoms with van der Waals surface area (Å²) < 4.78 is 10.0. The van der Waals surface area contributed by atoms with E-state index in [9.17, 15) is 14.4 Å². The molecule has 0 spiro atoms. The van der Waals surface area contributed by atoms with Crippen LogP contribution in [0.15, 0.2) is 91.0 Å². The van der Waals surface area contributed by atoms with Gasteiger partial charge < -0.3 is 25.4 Å². The Balaban J connectivity index is 1.50. The molecule has 3 rings (SSSR count). The molecule has 0 fully saturated rings. The molecule has 0 radical (unpaired) electrons. The van der Waals surface area contributed by atoms with E-state index >= 15 is 0 Å². The third-order valence-corrected chi connectivity index (χ3v) is 5.48. The number of carbonyl (C=O) groups excluding carboxylic acids is 3. The predicted octanol–water partition coefficient (Wildman–Crippen LogP) is 4.32. The average molecular weight is 490 g/mol. The van der Waals surface area contributed by atoms with Crippen molar-refractivity contribution in [2.45, 2.75) is 31.5 Å². The highest BCUT2D eigenvalue weighted by atomic mass is 16.5. The van der Waals surface area contributed by atoms with Crippen LogP contribution >= 0.6 is 0 Å². The molecule has 3 aromatic carbocycles. The first kappa shape index (κ1) is 26.3. The van der Waals surface area contributed by atoms with Crippen LogP contribution in [0.2, 0.25) is 0 Å². The fourth-order valence-corrected chi connectivity index (χ4v) is 3.64. The number of alkyl carbamates (subject to hydrolysis) is 1. The van der Waals surface area contributed by atoms with Gasteiger partial charge in [-0.25, -0.2) is 14.4 Å². The predicted molar refractivity (Wildman–Crippen MR) is 136 cm³/mol. The van der Waals surface area contributed by atoms with Crippen molar-refractivity contribution in [3.8, 4) is 0 Å². The largest absolute Gasteiger partial charge is 0.467 e. The highest BCUT2D eigenvalue weighted by Crippen LogP contribution is 2.21. The van der Waals surface area contributed by atoms with Crippen molar-refractivity contribution >= 4 is 18.1 Å². The molecule has 36 heavy (non-hydrogen) atoms. The van der Waals surface area contributed by atoms with E-state index in [4.69, 9.17) is 9.47 Å². The van der Waals surface area contributed by atoms with Crippen LogP contribution in [-0.2, 0) is 20.9 Å². The summed E-state index contributed by atoms with van der Waals surface area (Å²) in [6.45, 7) is 0.449. The van der Waals surface area contributed by atoms with Crippen molar-refractivity contribution in [2.24, 2.45) is 0 Å². The van der Waals surface area contributed by atoms with E-state index in [1.807, 2.05) is 91.0 Å². The molecule has 188 valence electrons. The number of hydrogen-bond acceptors (Lipinski definition) is 5. The van der Waals surface area contributed by atoms with E-state index in [0.717, 1.165) is 16.7 Å². The van der Waals surface area contributed by atoms with Gasteiger partial charge in [-0.1, -0.05) is 91.0 Å². The van der Waals surface area contributed by atoms with Crippen LogP contribution in [-0.4, -0.2) is 37.8 Å². The monoisotopic (exact) mass is 489 g/mol. The first-order chi connectivity index (χ1) is 17.6. The maximum absolute atomic E-state index is 12.9. The van der Waals surface area contributed by atoms with E-state index in [1.54, 1.807) is 0 Å². The minimum absolute atomic E-state index is 0.170. The van der Waals surface area contributed by atoms with Crippen LogP contribution in [0.25, 0.3) is 0 Å². The van der Waals surface area contributed by atoms with Gasteiger partial charge in [0.15, 0.2) is 0 Å². The zero-order valence-corrected chi connectivity index (χ0v) is 20.2. The number of rotatable bonds is 11. The van der Waals surface area contributed by atoms with Crippen LogP contribution in [0.5, 0.6) is 0 Å². The highest BCUT2D eigenvalue weighted by molar-refractivity contribution is 5.83. The smallest absolute Gasteiger partial charge is 0.407 e. The van der Waals surface area contributed by atoms with Crippen LogP contribution in [0.4, 0.5) is 9.59 Å². The fourth-order valence-electron chi connectivity index (χ4n) is 3.64. The second kappa shape index (κ2) is 14.2. The van der Waals surface area contributed by atoms with Gasteiger partial charge in [-0.05, 0) is 29.5 Å². The van der Waals surface area contributed by atoms with Gasteiger partial charge in [0, 0.05) is 6.54 Å². The topological polar surface area (TPSA) is 106 Å². The normalized spacial score (nSPS) is 11.3. The number of esters is 1. The second-order valence-corrected chi connectivity index (χ2v) is 8.08. The molecule has 8 heteroatoms. The number of nitrogens with one attached hydrogen (secondary N) is 3. The number of ether oxygens (including phenoxy) is 2. The van der Waals surface area contributed by atoms with Crippen molar-refractivity contribution in [1.29, 1.82) is 0 Å². The molecule has 0 aliphatic carbocycles. The number of methoxy groups -OCH3 is 1. The summed E-state index contributed by atoms with van der Waals surface area (Å²) in [6.07, 6.45) is 0.162. The first-order valence-corrected chi connectivity index (χ1v) is 11.8. The van der Waals surface area contributed by atoms with Gasteiger partial charge in [-0.2, -0.15) is 0 Å². The number of urea groups is 1. The molecule has 8 nitrogen and oxygen atoms in total. The van der Waals surface area contributed by atoms with Gasteiger partial charge in [-0.3, -0.25) is 0 Å². The van der Waals surface area contributed by atoms with E-state index < -0.39 is 30.2 Å². The second-order valence-electron chi connectivity index (χ2n) is 8.08. The molecular weight excluding hydrogens is 458 g/mol. The Labute approximate surface area is 211 Å². The van der Waals surface area contributed by atoms with Crippen molar-refractivity contribution in [3.05, 3.63) is 108 Å². The number of benzene rings is 3. The summed E-state index contributed by atoms with van der Waals surface area (Å²) in [5.41, 5.74) is 2.70. The third kappa shape index (κ3) is 8.47. The molecule has 0 aliphatic rings. The van der Waals surface area contributed by atoms with E-state index in [0.29, 0.717) is 6.42 Å². The summed E-state index contributed by atoms with van der Waals surface area (Å²) in [5, 5.41) is 8.31. The number of hydrogen-bond donors (Lipinski definition) is 3. The van der Waals surface area contributed by atoms with Gasteiger partial charge in [0.2, 0.25) is 0 Å². The van der Waals surface area contributed by atoms with E-state index in [2.05, 4.69) is 16.0 Å². The highest BCUT2D eigenvalue weighted by Gasteiger charge is 2.23. The van der Waals surface area contributed by atoms with Gasteiger partial charge >= 0.3 is 18.1 Å². The molecule has 1 atom stereocenters. The summed E-state index contributed by atoms with van der Waals surface area (Å²) in [6, 6.07) is 26.7. The van der Waals surface area contributed by atoms with Crippen molar-refractivity contribution in [2.75, 3.05) is 13.7 Å². The molecule has 0 aromatic heterocycles. The summed E-state index contributed by atoms with van der Waals surface area (Å²) in [7, 11) is 1.27. The lowest BCUT2D eigenvalue weighted by Crippen LogP contribution is -2.47. The minimum atomic E-state index is -0.871. The standard InChI is InChI=1S/C28H31N3O5/c1-35-26(32)24(18-11-19-29-28(34)36-20-21-12-5-2-6-13-21)30-27(33)31-25(22-14-7-3-8-15-22)23-16-9-4-10-17-23/h2-10,12-17,24-25H,11,18-20H2,1H3,(H,29,34)(H2,30,31,33)/t24-/m1/s1. The summed E-state index contributed by atoms with van der Waals surface area (Å²) in [5.74, 6) is -0.562. The Kier molecular flexibility index (Phi) is 10.3. The number of carbonyl (C=O) groups is 3. The van der Waals surface area contributed by atoms with Crippen LogP contribution in [0, 0.1) is 0 Å². The lowest BCUT2D eigenvalue weighted by molar-refractivity contribution is -0.143. The van der Waals surface area contributed by atoms with Crippen molar-refractivity contribution in [1.82, 2.24) is 16.0 Å². The lowest BCUT2D eigenvalue weighted by Gasteiger charge is -2.22. The van der Waals surface area contributed by atoms with E-state index in [-0.39, 0.29) is 19.6 Å². The van der Waals surface area contributed by atoms with Crippen LogP contribution < -0.4 is 16.0 Å². The van der Waals surface area contributed by atoms with Crippen molar-refractivity contribution in [3.63, 3.8) is 0 Å². The zero-order valence-electron chi connectivity index (χ0n) is 20.2. The first-order valence-electron chi connectivity index (χ1n) is 11.8. The molecule has 3 aromatic rings. The fraction of sp³-hybridized carbons (Fsp3) is 0.250. The molecule has 0 aliphatic heterocycles. The van der Waals surface area contributed by atoms with Gasteiger partial charge in [-0.15, -0.1) is 0 Å². The van der Waals surface area contributed by atoms with Crippen LogP contribution in [0.3, 0.4) is 0 Å². The molecule has 3 amide bonds. The van der Waals surface area contributed by atoms with Gasteiger partial charge in [0.1, 0.15) is 12.6 Å². The van der Waals surface area contributed by atoms with Gasteiger partial charge in [0.05, 0.1) is 13.2 Å². The zero-order chi connectivity index (χ0) is 25.6. The van der Waals surface area contributed by atoms with Gasteiger partial charge in [0.25, 0.3) is 0 Å². The third-order valence-electron chi connectivity index (χ3n) is 5.48. The Morgan fingerprint density at radius 2 is 1.33 bits per heavy atom. The number of amides is 3. The maximum Gasteiger partial charge on any atom is 0.407 e.